The summed E-state index contributed by atoms with van der Waals surface area (Å²) in [6.45, 7) is 0. The molecule has 1 heterocycles. The Morgan fingerprint density at radius 3 is 1.35 bits per heavy atom. The highest BCUT2D eigenvalue weighted by Crippen LogP contribution is 2.62. The summed E-state index contributed by atoms with van der Waals surface area (Å²) in [6, 6.07) is 45.9. The average Bonchev–Trinajstić information content (AvgIpc) is 3.36. The van der Waals surface area contributed by atoms with Crippen LogP contribution in [0, 0.1) is 0 Å². The van der Waals surface area contributed by atoms with Gasteiger partial charge in [-0.05, 0) is 58.7 Å². The number of rotatable bonds is 4. The van der Waals surface area contributed by atoms with E-state index in [0.29, 0.717) is 34.4 Å². The minimum atomic E-state index is -0.730. The molecule has 8 rings (SSSR count). The first-order valence-corrected chi connectivity index (χ1v) is 14.8. The molecular weight excluding hydrogens is 576 g/mol. The maximum absolute atomic E-state index is 12.8. The van der Waals surface area contributed by atoms with Gasteiger partial charge in [0.05, 0.1) is 5.41 Å². The topological polar surface area (TPSA) is 85.9 Å². The van der Waals surface area contributed by atoms with E-state index < -0.39 is 17.6 Å². The second-order valence-corrected chi connectivity index (χ2v) is 11.0. The molecule has 222 valence electrons. The molecule has 46 heavy (non-hydrogen) atoms. The molecule has 1 aliphatic carbocycles. The lowest BCUT2D eigenvalue weighted by Gasteiger charge is -2.39. The van der Waals surface area contributed by atoms with Gasteiger partial charge in [-0.3, -0.25) is 10.6 Å². The lowest BCUT2D eigenvalue weighted by Crippen LogP contribution is -2.32. The van der Waals surface area contributed by atoms with Crippen molar-refractivity contribution in [1.29, 1.82) is 0 Å². The smallest absolute Gasteiger partial charge is 0.417 e. The van der Waals surface area contributed by atoms with Crippen molar-refractivity contribution in [3.8, 4) is 34.1 Å². The number of amides is 2. The second kappa shape index (κ2) is 11.0. The zero-order valence-electron chi connectivity index (χ0n) is 24.4. The van der Waals surface area contributed by atoms with Crippen LogP contribution in [-0.4, -0.2) is 12.2 Å². The van der Waals surface area contributed by atoms with Crippen LogP contribution in [0.1, 0.15) is 22.3 Å². The van der Waals surface area contributed by atoms with E-state index in [2.05, 4.69) is 34.9 Å². The highest BCUT2D eigenvalue weighted by molar-refractivity contribution is 5.90. The molecule has 6 aromatic carbocycles. The maximum Gasteiger partial charge on any atom is 0.417 e. The number of fused-ring (bicyclic) bond motifs is 9. The van der Waals surface area contributed by atoms with Crippen molar-refractivity contribution in [3.63, 3.8) is 0 Å². The Balaban J connectivity index is 1.22. The zero-order chi connectivity index (χ0) is 31.1. The van der Waals surface area contributed by atoms with Gasteiger partial charge in [-0.15, -0.1) is 0 Å². The standard InChI is InChI=1S/C39H26N2O5/c42-37(40-25-11-3-1-4-12-25)44-27-19-21-33-35(23-27)46-36-24-28(45-38(43)41-26-13-5-2-6-14-26)20-22-34(36)39(33)31-17-9-7-15-29(31)30-16-8-10-18-32(30)39/h1-24H,(H,40,42)(H,41,43). The fourth-order valence-corrected chi connectivity index (χ4v) is 6.54. The van der Waals surface area contributed by atoms with Crippen molar-refractivity contribution in [3.05, 3.63) is 168 Å². The Bertz CT molecular complexity index is 1980. The fourth-order valence-electron chi connectivity index (χ4n) is 6.54. The Labute approximate surface area is 265 Å². The highest BCUT2D eigenvalue weighted by atomic mass is 16.6. The van der Waals surface area contributed by atoms with E-state index in [4.69, 9.17) is 14.2 Å². The number of hydrogen-bond donors (Lipinski definition) is 2. The number of hydrogen-bond acceptors (Lipinski definition) is 5. The van der Waals surface area contributed by atoms with Crippen LogP contribution in [0.4, 0.5) is 21.0 Å². The molecule has 6 aromatic rings. The molecule has 2 N–H and O–H groups in total. The van der Waals surface area contributed by atoms with Crippen LogP contribution in [0.3, 0.4) is 0 Å². The molecule has 0 saturated carbocycles. The first-order chi connectivity index (χ1) is 22.6. The van der Waals surface area contributed by atoms with Crippen LogP contribution in [-0.2, 0) is 5.41 Å². The van der Waals surface area contributed by atoms with Gasteiger partial charge in [-0.1, -0.05) is 97.1 Å². The van der Waals surface area contributed by atoms with Gasteiger partial charge in [0.2, 0.25) is 0 Å². The number of nitrogens with one attached hydrogen (secondary N) is 2. The summed E-state index contributed by atoms with van der Waals surface area (Å²) >= 11 is 0. The SMILES string of the molecule is O=C(Nc1ccccc1)Oc1ccc2c(c1)Oc1cc(OC(=O)Nc3ccccc3)ccc1C21c2ccccc2-c2ccccc21. The van der Waals surface area contributed by atoms with Crippen molar-refractivity contribution in [2.24, 2.45) is 0 Å². The monoisotopic (exact) mass is 602 g/mol. The molecule has 0 atom stereocenters. The molecule has 7 nitrogen and oxygen atoms in total. The normalized spacial score (nSPS) is 12.9. The third-order valence-corrected chi connectivity index (χ3v) is 8.35. The first-order valence-electron chi connectivity index (χ1n) is 14.8. The van der Waals surface area contributed by atoms with Crippen LogP contribution in [0.2, 0.25) is 0 Å². The number of benzene rings is 6. The lowest BCUT2D eigenvalue weighted by atomic mass is 9.66. The molecule has 0 fully saturated rings. The van der Waals surface area contributed by atoms with E-state index in [9.17, 15) is 9.59 Å². The van der Waals surface area contributed by atoms with E-state index in [-0.39, 0.29) is 0 Å². The molecule has 0 unspecified atom stereocenters. The van der Waals surface area contributed by atoms with E-state index >= 15 is 0 Å². The molecule has 2 aliphatic rings. The summed E-state index contributed by atoms with van der Waals surface area (Å²) < 4.78 is 17.9. The minimum Gasteiger partial charge on any atom is -0.456 e. The van der Waals surface area contributed by atoms with Crippen molar-refractivity contribution < 1.29 is 23.8 Å². The van der Waals surface area contributed by atoms with Crippen LogP contribution in [0.15, 0.2) is 146 Å². The Kier molecular flexibility index (Phi) is 6.50. The summed E-state index contributed by atoms with van der Waals surface area (Å²) in [7, 11) is 0. The predicted molar refractivity (Wildman–Crippen MR) is 176 cm³/mol. The zero-order valence-corrected chi connectivity index (χ0v) is 24.4. The Morgan fingerprint density at radius 1 is 0.478 bits per heavy atom. The highest BCUT2D eigenvalue weighted by Gasteiger charge is 2.51. The van der Waals surface area contributed by atoms with Crippen LogP contribution < -0.4 is 24.8 Å². The summed E-state index contributed by atoms with van der Waals surface area (Å²) in [5.74, 6) is 1.68. The molecular formula is C39H26N2O5. The molecule has 0 aromatic heterocycles. The summed E-state index contributed by atoms with van der Waals surface area (Å²) in [4.78, 5) is 25.6. The van der Waals surface area contributed by atoms with Gasteiger partial charge < -0.3 is 14.2 Å². The average molecular weight is 603 g/mol. The molecule has 0 radical (unpaired) electrons. The number of carbonyl (C=O) groups is 2. The summed E-state index contributed by atoms with van der Waals surface area (Å²) in [5, 5.41) is 5.49. The van der Waals surface area contributed by atoms with Gasteiger partial charge in [0.25, 0.3) is 0 Å². The van der Waals surface area contributed by atoms with Gasteiger partial charge in [-0.2, -0.15) is 0 Å². The molecule has 2 amide bonds. The van der Waals surface area contributed by atoms with E-state index in [1.54, 1.807) is 48.5 Å². The third-order valence-electron chi connectivity index (χ3n) is 8.35. The number of para-hydroxylation sites is 2. The number of carbonyl (C=O) groups excluding carboxylic acids is 2. The quantitative estimate of drug-likeness (QED) is 0.210. The van der Waals surface area contributed by atoms with Gasteiger partial charge in [0.1, 0.15) is 23.0 Å². The van der Waals surface area contributed by atoms with E-state index in [1.807, 2.05) is 72.8 Å². The van der Waals surface area contributed by atoms with Crippen molar-refractivity contribution in [2.75, 3.05) is 10.6 Å². The van der Waals surface area contributed by atoms with E-state index in [0.717, 1.165) is 33.4 Å². The van der Waals surface area contributed by atoms with Crippen molar-refractivity contribution in [2.45, 2.75) is 5.41 Å². The Hall–Kier alpha value is -6.34. The lowest BCUT2D eigenvalue weighted by molar-refractivity contribution is 0.214. The summed E-state index contributed by atoms with van der Waals surface area (Å²) in [6.07, 6.45) is -1.23. The predicted octanol–water partition coefficient (Wildman–Crippen LogP) is 9.38. The van der Waals surface area contributed by atoms with Gasteiger partial charge in [-0.25, -0.2) is 9.59 Å². The number of ether oxygens (including phenoxy) is 3. The van der Waals surface area contributed by atoms with Gasteiger partial charge >= 0.3 is 12.2 Å². The minimum absolute atomic E-state index is 0.319. The molecule has 0 bridgehead atoms. The summed E-state index contributed by atoms with van der Waals surface area (Å²) in [5.41, 5.74) is 6.79. The largest absolute Gasteiger partial charge is 0.456 e. The molecule has 1 spiro atoms. The number of anilines is 2. The Morgan fingerprint density at radius 2 is 0.891 bits per heavy atom. The van der Waals surface area contributed by atoms with Crippen molar-refractivity contribution >= 4 is 23.6 Å². The molecule has 0 saturated heterocycles. The van der Waals surface area contributed by atoms with Crippen LogP contribution in [0.5, 0.6) is 23.0 Å². The van der Waals surface area contributed by atoms with E-state index in [1.165, 1.54) is 0 Å². The van der Waals surface area contributed by atoms with Gasteiger partial charge in [0.15, 0.2) is 0 Å². The maximum atomic E-state index is 12.8. The third kappa shape index (κ3) is 4.53. The molecule has 7 heteroatoms. The van der Waals surface area contributed by atoms with Crippen LogP contribution >= 0.6 is 0 Å². The fraction of sp³-hybridized carbons (Fsp3) is 0.0256. The van der Waals surface area contributed by atoms with Crippen LogP contribution in [0.25, 0.3) is 11.1 Å². The van der Waals surface area contributed by atoms with Crippen molar-refractivity contribution in [1.82, 2.24) is 0 Å². The first kappa shape index (κ1) is 27.2. The molecule has 1 aliphatic heterocycles. The van der Waals surface area contributed by atoms with Gasteiger partial charge in [0, 0.05) is 34.6 Å². The second-order valence-electron chi connectivity index (χ2n) is 11.0.